The molecular formula is C21H26N6O3S. The molecular weight excluding hydrogens is 416 g/mol. The van der Waals surface area contributed by atoms with Gasteiger partial charge in [-0.3, -0.25) is 0 Å². The average Bonchev–Trinajstić information content (AvgIpc) is 2.75. The maximum Gasteiger partial charge on any atom is 0.240 e. The molecule has 1 aromatic heterocycles. The summed E-state index contributed by atoms with van der Waals surface area (Å²) in [5, 5.41) is 6.32. The summed E-state index contributed by atoms with van der Waals surface area (Å²) in [5.41, 5.74) is 1.45. The number of hydrogen-bond donors (Lipinski definition) is 3. The molecule has 2 aromatic carbocycles. The van der Waals surface area contributed by atoms with Gasteiger partial charge in [-0.15, -0.1) is 0 Å². The number of rotatable bonds is 10. The highest BCUT2D eigenvalue weighted by atomic mass is 32.2. The maximum atomic E-state index is 12.0. The van der Waals surface area contributed by atoms with Crippen LogP contribution in [-0.2, 0) is 10.0 Å². The Balaban J connectivity index is 1.65. The van der Waals surface area contributed by atoms with E-state index in [-0.39, 0.29) is 4.90 Å². The molecule has 0 fully saturated rings. The van der Waals surface area contributed by atoms with Crippen LogP contribution in [0.2, 0.25) is 0 Å². The minimum Gasteiger partial charge on any atom is -0.492 e. The second-order valence-corrected chi connectivity index (χ2v) is 8.84. The van der Waals surface area contributed by atoms with Gasteiger partial charge < -0.3 is 20.3 Å². The lowest BCUT2D eigenvalue weighted by atomic mass is 10.3. The summed E-state index contributed by atoms with van der Waals surface area (Å²) in [7, 11) is 1.86. The molecule has 0 radical (unpaired) electrons. The molecule has 0 spiro atoms. The number of ether oxygens (including phenoxy) is 1. The third-order valence-corrected chi connectivity index (χ3v) is 5.70. The van der Waals surface area contributed by atoms with Gasteiger partial charge in [0.2, 0.25) is 10.0 Å². The molecule has 0 amide bonds. The Morgan fingerprint density at radius 3 is 2.26 bits per heavy atom. The highest BCUT2D eigenvalue weighted by Gasteiger charge is 2.11. The molecule has 1 heterocycles. The van der Waals surface area contributed by atoms with Crippen LogP contribution in [0.4, 0.5) is 23.0 Å². The summed E-state index contributed by atoms with van der Waals surface area (Å²) in [4.78, 5) is 10.7. The molecule has 0 aliphatic heterocycles. The summed E-state index contributed by atoms with van der Waals surface area (Å²) in [5.74, 6) is 1.92. The Hall–Kier alpha value is -3.21. The zero-order valence-corrected chi connectivity index (χ0v) is 18.5. The topological polar surface area (TPSA) is 108 Å². The van der Waals surface area contributed by atoms with Gasteiger partial charge in [0.1, 0.15) is 30.3 Å². The molecule has 0 atom stereocenters. The summed E-state index contributed by atoms with van der Waals surface area (Å²) < 4.78 is 32.0. The van der Waals surface area contributed by atoms with Gasteiger partial charge in [0, 0.05) is 24.0 Å². The minimum absolute atomic E-state index is 0.167. The van der Waals surface area contributed by atoms with Gasteiger partial charge >= 0.3 is 0 Å². The van der Waals surface area contributed by atoms with Gasteiger partial charge in [-0.05, 0) is 63.6 Å². The first-order valence-electron chi connectivity index (χ1n) is 9.63. The molecule has 3 N–H and O–H groups in total. The zero-order valence-electron chi connectivity index (χ0n) is 17.7. The number of nitrogens with one attached hydrogen (secondary N) is 3. The molecule has 3 aromatic rings. The van der Waals surface area contributed by atoms with Crippen LogP contribution in [-0.4, -0.2) is 57.6 Å². The number of benzene rings is 2. The molecule has 31 heavy (non-hydrogen) atoms. The summed E-state index contributed by atoms with van der Waals surface area (Å²) >= 11 is 0. The molecule has 0 saturated heterocycles. The Labute approximate surface area is 182 Å². The lowest BCUT2D eigenvalue weighted by molar-refractivity contribution is 0.261. The van der Waals surface area contributed by atoms with Crippen molar-refractivity contribution in [2.24, 2.45) is 0 Å². The molecule has 0 aliphatic rings. The van der Waals surface area contributed by atoms with E-state index in [1.165, 1.54) is 25.5 Å². The normalized spacial score (nSPS) is 11.4. The second-order valence-electron chi connectivity index (χ2n) is 6.95. The predicted octanol–water partition coefficient (Wildman–Crippen LogP) is 2.81. The van der Waals surface area contributed by atoms with E-state index in [1.54, 1.807) is 18.2 Å². The van der Waals surface area contributed by atoms with Crippen molar-refractivity contribution in [3.8, 4) is 5.75 Å². The molecule has 0 bridgehead atoms. The third-order valence-electron chi connectivity index (χ3n) is 4.29. The second kappa shape index (κ2) is 10.2. The maximum absolute atomic E-state index is 12.0. The van der Waals surface area contributed by atoms with Crippen LogP contribution in [0.25, 0.3) is 0 Å². The zero-order chi connectivity index (χ0) is 22.3. The molecule has 3 rings (SSSR count). The first-order chi connectivity index (χ1) is 14.9. The van der Waals surface area contributed by atoms with E-state index >= 15 is 0 Å². The standard InChI is InChI=1S/C21H26N6O3S/c1-22-31(28,29)19-6-4-5-17(13-19)26-21-14-20(23-15-24-21)25-16-7-9-18(10-8-16)30-12-11-27(2)3/h4-10,13-15,22H,11-12H2,1-3H3,(H2,23,24,25,26). The highest BCUT2D eigenvalue weighted by molar-refractivity contribution is 7.89. The van der Waals surface area contributed by atoms with Crippen LogP contribution in [0, 0.1) is 0 Å². The fourth-order valence-corrected chi connectivity index (χ4v) is 3.40. The fourth-order valence-electron chi connectivity index (χ4n) is 2.63. The van der Waals surface area contributed by atoms with Crippen molar-refractivity contribution in [3.63, 3.8) is 0 Å². The van der Waals surface area contributed by atoms with Crippen molar-refractivity contribution in [2.75, 3.05) is 44.9 Å². The quantitative estimate of drug-likeness (QED) is 0.440. The monoisotopic (exact) mass is 442 g/mol. The summed E-state index contributed by atoms with van der Waals surface area (Å²) in [6.07, 6.45) is 1.43. The van der Waals surface area contributed by atoms with Crippen molar-refractivity contribution in [3.05, 3.63) is 60.9 Å². The Morgan fingerprint density at radius 2 is 1.61 bits per heavy atom. The fraction of sp³-hybridized carbons (Fsp3) is 0.238. The Bertz CT molecular complexity index is 1100. The van der Waals surface area contributed by atoms with Crippen LogP contribution >= 0.6 is 0 Å². The van der Waals surface area contributed by atoms with E-state index in [0.717, 1.165) is 18.0 Å². The summed E-state index contributed by atoms with van der Waals surface area (Å²) in [6, 6.07) is 15.8. The van der Waals surface area contributed by atoms with Gasteiger partial charge in [0.25, 0.3) is 0 Å². The largest absolute Gasteiger partial charge is 0.492 e. The smallest absolute Gasteiger partial charge is 0.240 e. The lowest BCUT2D eigenvalue weighted by Gasteiger charge is -2.12. The number of sulfonamides is 1. The number of anilines is 4. The van der Waals surface area contributed by atoms with Gasteiger partial charge in [-0.2, -0.15) is 0 Å². The van der Waals surface area contributed by atoms with Crippen LogP contribution < -0.4 is 20.1 Å². The Kier molecular flexibility index (Phi) is 7.40. The minimum atomic E-state index is -3.52. The Morgan fingerprint density at radius 1 is 0.935 bits per heavy atom. The van der Waals surface area contributed by atoms with Crippen molar-refractivity contribution in [1.82, 2.24) is 19.6 Å². The van der Waals surface area contributed by atoms with Crippen LogP contribution in [0.5, 0.6) is 5.75 Å². The predicted molar refractivity (Wildman–Crippen MR) is 122 cm³/mol. The number of nitrogens with zero attached hydrogens (tertiary/aromatic N) is 3. The molecule has 164 valence electrons. The van der Waals surface area contributed by atoms with E-state index in [1.807, 2.05) is 38.4 Å². The number of hydrogen-bond acceptors (Lipinski definition) is 8. The lowest BCUT2D eigenvalue weighted by Crippen LogP contribution is -2.19. The van der Waals surface area contributed by atoms with Gasteiger partial charge in [-0.1, -0.05) is 6.07 Å². The van der Waals surface area contributed by atoms with E-state index in [4.69, 9.17) is 4.74 Å². The highest BCUT2D eigenvalue weighted by Crippen LogP contribution is 2.22. The van der Waals surface area contributed by atoms with Crippen LogP contribution in [0.1, 0.15) is 0 Å². The van der Waals surface area contributed by atoms with Crippen molar-refractivity contribution in [1.29, 1.82) is 0 Å². The van der Waals surface area contributed by atoms with E-state index in [0.29, 0.717) is 23.9 Å². The van der Waals surface area contributed by atoms with Crippen LogP contribution in [0.15, 0.2) is 65.8 Å². The molecule has 0 aliphatic carbocycles. The molecule has 9 nitrogen and oxygen atoms in total. The molecule has 0 saturated carbocycles. The van der Waals surface area contributed by atoms with E-state index in [2.05, 4.69) is 30.2 Å². The number of likely N-dealkylation sites (N-methyl/N-ethyl adjacent to an activating group) is 1. The summed E-state index contributed by atoms with van der Waals surface area (Å²) in [6.45, 7) is 1.47. The SMILES string of the molecule is CNS(=O)(=O)c1cccc(Nc2cc(Nc3ccc(OCCN(C)C)cc3)ncn2)c1. The van der Waals surface area contributed by atoms with Crippen LogP contribution in [0.3, 0.4) is 0 Å². The van der Waals surface area contributed by atoms with Gasteiger partial charge in [-0.25, -0.2) is 23.1 Å². The number of aromatic nitrogens is 2. The average molecular weight is 443 g/mol. The van der Waals surface area contributed by atoms with E-state index < -0.39 is 10.0 Å². The first-order valence-corrected chi connectivity index (χ1v) is 11.1. The first kappa shape index (κ1) is 22.5. The van der Waals surface area contributed by atoms with Gasteiger partial charge in [0.05, 0.1) is 4.90 Å². The van der Waals surface area contributed by atoms with Crippen molar-refractivity contribution < 1.29 is 13.2 Å². The molecule has 0 unspecified atom stereocenters. The van der Waals surface area contributed by atoms with E-state index in [9.17, 15) is 8.42 Å². The van der Waals surface area contributed by atoms with Crippen molar-refractivity contribution >= 4 is 33.0 Å². The molecule has 10 heteroatoms. The van der Waals surface area contributed by atoms with Crippen molar-refractivity contribution in [2.45, 2.75) is 4.90 Å². The third kappa shape index (κ3) is 6.64. The van der Waals surface area contributed by atoms with Gasteiger partial charge in [0.15, 0.2) is 0 Å².